The van der Waals surface area contributed by atoms with Crippen LogP contribution in [0.2, 0.25) is 10.0 Å². The summed E-state index contributed by atoms with van der Waals surface area (Å²) in [5.74, 6) is 1.33. The molecule has 0 saturated carbocycles. The van der Waals surface area contributed by atoms with Gasteiger partial charge in [-0.1, -0.05) is 54.4 Å². The highest BCUT2D eigenvalue weighted by molar-refractivity contribution is 6.30. The van der Waals surface area contributed by atoms with E-state index in [1.165, 1.54) is 0 Å². The van der Waals surface area contributed by atoms with Crippen molar-refractivity contribution in [1.29, 1.82) is 0 Å². The van der Waals surface area contributed by atoms with Crippen LogP contribution in [0.25, 0.3) is 0 Å². The SMILES string of the molecule is COCc1cc(OC)cc(C2=NC(c3ccc(Cl)cc3)C(c3ccc(Cl)cc3)N2CC(C)C=O)c1. The van der Waals surface area contributed by atoms with Crippen molar-refractivity contribution in [1.82, 2.24) is 4.90 Å². The van der Waals surface area contributed by atoms with Gasteiger partial charge in [0.2, 0.25) is 0 Å². The number of amidine groups is 1. The van der Waals surface area contributed by atoms with Crippen molar-refractivity contribution in [3.8, 4) is 5.75 Å². The van der Waals surface area contributed by atoms with Gasteiger partial charge in [0, 0.05) is 35.2 Å². The molecule has 0 spiro atoms. The van der Waals surface area contributed by atoms with E-state index in [4.69, 9.17) is 37.7 Å². The van der Waals surface area contributed by atoms with Crippen molar-refractivity contribution in [2.24, 2.45) is 10.9 Å². The monoisotopic (exact) mass is 510 g/mol. The molecule has 182 valence electrons. The van der Waals surface area contributed by atoms with Crippen molar-refractivity contribution in [3.63, 3.8) is 0 Å². The fourth-order valence-corrected chi connectivity index (χ4v) is 4.72. The maximum atomic E-state index is 11.7. The van der Waals surface area contributed by atoms with Gasteiger partial charge in [-0.3, -0.25) is 4.99 Å². The van der Waals surface area contributed by atoms with Gasteiger partial charge in [0.15, 0.2) is 0 Å². The molecule has 4 rings (SSSR count). The van der Waals surface area contributed by atoms with E-state index in [2.05, 4.69) is 11.0 Å². The Morgan fingerprint density at radius 3 is 2.17 bits per heavy atom. The predicted octanol–water partition coefficient (Wildman–Crippen LogP) is 6.53. The Morgan fingerprint density at radius 2 is 1.60 bits per heavy atom. The number of rotatable bonds is 9. The number of methoxy groups -OCH3 is 2. The fourth-order valence-electron chi connectivity index (χ4n) is 4.47. The molecule has 0 aliphatic carbocycles. The highest BCUT2D eigenvalue weighted by Crippen LogP contribution is 2.44. The molecule has 3 aromatic carbocycles. The van der Waals surface area contributed by atoms with Gasteiger partial charge in [0.05, 0.1) is 19.8 Å². The average Bonchev–Trinajstić information content (AvgIpc) is 3.23. The molecular weight excluding hydrogens is 483 g/mol. The minimum atomic E-state index is -0.209. The van der Waals surface area contributed by atoms with E-state index in [1.807, 2.05) is 67.6 Å². The number of halogens is 2. The predicted molar refractivity (Wildman–Crippen MR) is 141 cm³/mol. The van der Waals surface area contributed by atoms with Gasteiger partial charge in [-0.15, -0.1) is 0 Å². The van der Waals surface area contributed by atoms with Gasteiger partial charge in [-0.2, -0.15) is 0 Å². The number of carbonyl (C=O) groups excluding carboxylic acids is 1. The molecular formula is C28H28Cl2N2O3. The van der Waals surface area contributed by atoms with Crippen LogP contribution in [0.3, 0.4) is 0 Å². The lowest BCUT2D eigenvalue weighted by atomic mass is 9.93. The summed E-state index contributed by atoms with van der Waals surface area (Å²) in [7, 11) is 3.31. The van der Waals surface area contributed by atoms with Crippen molar-refractivity contribution in [2.45, 2.75) is 25.6 Å². The molecule has 35 heavy (non-hydrogen) atoms. The minimum Gasteiger partial charge on any atom is -0.497 e. The first-order valence-electron chi connectivity index (χ1n) is 11.4. The summed E-state index contributed by atoms with van der Waals surface area (Å²) < 4.78 is 11.0. The molecule has 0 saturated heterocycles. The summed E-state index contributed by atoms with van der Waals surface area (Å²) in [6, 6.07) is 21.2. The van der Waals surface area contributed by atoms with E-state index in [9.17, 15) is 4.79 Å². The first kappa shape index (κ1) is 25.2. The summed E-state index contributed by atoms with van der Waals surface area (Å²) in [5.41, 5.74) is 3.98. The molecule has 0 N–H and O–H groups in total. The van der Waals surface area contributed by atoms with Crippen LogP contribution in [-0.2, 0) is 16.1 Å². The third-order valence-corrected chi connectivity index (χ3v) is 6.58. The Balaban J connectivity index is 1.89. The number of hydrogen-bond donors (Lipinski definition) is 0. The molecule has 3 unspecified atom stereocenters. The van der Waals surface area contributed by atoms with Crippen molar-refractivity contribution in [2.75, 3.05) is 20.8 Å². The van der Waals surface area contributed by atoms with Crippen LogP contribution < -0.4 is 4.74 Å². The Kier molecular flexibility index (Phi) is 8.11. The van der Waals surface area contributed by atoms with E-state index in [-0.39, 0.29) is 18.0 Å². The summed E-state index contributed by atoms with van der Waals surface area (Å²) in [6.45, 7) is 2.88. The molecule has 1 aliphatic rings. The summed E-state index contributed by atoms with van der Waals surface area (Å²) in [4.78, 5) is 19.2. The maximum absolute atomic E-state index is 11.7. The number of nitrogens with zero attached hydrogens (tertiary/aromatic N) is 2. The fraction of sp³-hybridized carbons (Fsp3) is 0.286. The Hall–Kier alpha value is -2.86. The summed E-state index contributed by atoms with van der Waals surface area (Å²) in [6.07, 6.45) is 0.980. The lowest BCUT2D eigenvalue weighted by Gasteiger charge is -2.32. The standard InChI is InChI=1S/C28H28Cl2N2O3/c1-18(16-33)15-32-27(21-6-10-24(30)11-7-21)26(20-4-8-23(29)9-5-20)31-28(32)22-12-19(17-34-2)13-25(14-22)35-3/h4-14,16,18,26-27H,15,17H2,1-3H3. The highest BCUT2D eigenvalue weighted by Gasteiger charge is 2.39. The van der Waals surface area contributed by atoms with Crippen LogP contribution in [0.15, 0.2) is 71.7 Å². The molecule has 0 amide bonds. The second-order valence-electron chi connectivity index (χ2n) is 8.71. The molecule has 7 heteroatoms. The largest absolute Gasteiger partial charge is 0.497 e. The zero-order chi connectivity index (χ0) is 24.9. The van der Waals surface area contributed by atoms with E-state index < -0.39 is 0 Å². The van der Waals surface area contributed by atoms with Gasteiger partial charge >= 0.3 is 0 Å². The van der Waals surface area contributed by atoms with Crippen LogP contribution in [0.5, 0.6) is 5.75 Å². The second-order valence-corrected chi connectivity index (χ2v) is 9.59. The van der Waals surface area contributed by atoms with Gasteiger partial charge in [-0.05, 0) is 59.2 Å². The number of carbonyl (C=O) groups is 1. The lowest BCUT2D eigenvalue weighted by Crippen LogP contribution is -2.36. The van der Waals surface area contributed by atoms with E-state index in [1.54, 1.807) is 14.2 Å². The molecule has 0 bridgehead atoms. The van der Waals surface area contributed by atoms with Gasteiger partial charge < -0.3 is 19.2 Å². The van der Waals surface area contributed by atoms with Crippen molar-refractivity contribution < 1.29 is 14.3 Å². The summed E-state index contributed by atoms with van der Waals surface area (Å²) >= 11 is 12.4. The number of aliphatic imine (C=N–C) groups is 1. The smallest absolute Gasteiger partial charge is 0.132 e. The van der Waals surface area contributed by atoms with Crippen LogP contribution in [0.4, 0.5) is 0 Å². The average molecular weight is 511 g/mol. The molecule has 1 aliphatic heterocycles. The van der Waals surface area contributed by atoms with Crippen LogP contribution >= 0.6 is 23.2 Å². The molecule has 0 fully saturated rings. The molecule has 3 atom stereocenters. The van der Waals surface area contributed by atoms with Crippen LogP contribution in [0.1, 0.15) is 41.3 Å². The normalized spacial score (nSPS) is 18.3. The molecule has 0 radical (unpaired) electrons. The topological polar surface area (TPSA) is 51.1 Å². The number of ether oxygens (including phenoxy) is 2. The molecule has 5 nitrogen and oxygen atoms in total. The first-order chi connectivity index (χ1) is 16.9. The van der Waals surface area contributed by atoms with E-state index in [0.717, 1.165) is 40.1 Å². The van der Waals surface area contributed by atoms with Crippen molar-refractivity contribution >= 4 is 35.3 Å². The lowest BCUT2D eigenvalue weighted by molar-refractivity contribution is -0.111. The Bertz CT molecular complexity index is 1200. The second kappa shape index (κ2) is 11.3. The van der Waals surface area contributed by atoms with Gasteiger partial charge in [-0.25, -0.2) is 0 Å². The van der Waals surface area contributed by atoms with Crippen molar-refractivity contribution in [3.05, 3.63) is 99.0 Å². The zero-order valence-electron chi connectivity index (χ0n) is 19.9. The number of benzene rings is 3. The minimum absolute atomic E-state index is 0.136. The highest BCUT2D eigenvalue weighted by atomic mass is 35.5. The summed E-state index contributed by atoms with van der Waals surface area (Å²) in [5, 5.41) is 1.34. The van der Waals surface area contributed by atoms with Gasteiger partial charge in [0.1, 0.15) is 23.9 Å². The van der Waals surface area contributed by atoms with Gasteiger partial charge in [0.25, 0.3) is 0 Å². The van der Waals surface area contributed by atoms with Crippen LogP contribution in [0, 0.1) is 5.92 Å². The number of aldehydes is 1. The first-order valence-corrected chi connectivity index (χ1v) is 12.2. The Morgan fingerprint density at radius 1 is 0.971 bits per heavy atom. The third kappa shape index (κ3) is 5.69. The third-order valence-electron chi connectivity index (χ3n) is 6.08. The van der Waals surface area contributed by atoms with Crippen LogP contribution in [-0.4, -0.2) is 37.8 Å². The number of hydrogen-bond acceptors (Lipinski definition) is 5. The molecule has 1 heterocycles. The Labute approximate surface area is 216 Å². The van der Waals surface area contributed by atoms with E-state index in [0.29, 0.717) is 23.2 Å². The molecule has 3 aromatic rings. The maximum Gasteiger partial charge on any atom is 0.132 e. The quantitative estimate of drug-likeness (QED) is 0.307. The zero-order valence-corrected chi connectivity index (χ0v) is 21.5. The van der Waals surface area contributed by atoms with E-state index >= 15 is 0 Å². The molecule has 0 aromatic heterocycles.